The standard InChI is InChI=1S/C21H15F4N9O2/c22-17(23)11-2-1-4-33-14(11)6-13(31-33)16-15-12(26-9-27-15)3-5-32(16)20(35)19-30-29-18(36-19)10-7-28-34(8-10)21(24)25/h1-2,4,6-9,16-17,21H,3,5H2,(H,26,27)/t16-/m0/s1. The summed E-state index contributed by atoms with van der Waals surface area (Å²) in [7, 11) is 0. The molecule has 0 radical (unpaired) electrons. The van der Waals surface area contributed by atoms with Crippen LogP contribution in [0.1, 0.15) is 52.3 Å². The minimum atomic E-state index is -2.85. The van der Waals surface area contributed by atoms with E-state index >= 15 is 0 Å². The number of H-pyrrole nitrogens is 1. The molecule has 36 heavy (non-hydrogen) atoms. The molecule has 184 valence electrons. The molecule has 1 atom stereocenters. The van der Waals surface area contributed by atoms with Gasteiger partial charge in [-0.1, -0.05) is 0 Å². The molecule has 5 aromatic heterocycles. The van der Waals surface area contributed by atoms with E-state index in [1.54, 1.807) is 0 Å². The highest BCUT2D eigenvalue weighted by Gasteiger charge is 2.38. The van der Waals surface area contributed by atoms with E-state index in [0.717, 1.165) is 18.1 Å². The van der Waals surface area contributed by atoms with Gasteiger partial charge < -0.3 is 14.3 Å². The quantitative estimate of drug-likeness (QED) is 0.366. The smallest absolute Gasteiger partial charge is 0.333 e. The molecule has 0 saturated carbocycles. The minimum absolute atomic E-state index is 0.117. The lowest BCUT2D eigenvalue weighted by Gasteiger charge is -2.32. The molecule has 0 aromatic carbocycles. The van der Waals surface area contributed by atoms with Crippen molar-refractivity contribution < 1.29 is 26.8 Å². The van der Waals surface area contributed by atoms with E-state index in [1.165, 1.54) is 40.1 Å². The van der Waals surface area contributed by atoms with Crippen molar-refractivity contribution in [1.82, 2.24) is 44.5 Å². The third-order valence-electron chi connectivity index (χ3n) is 5.91. The van der Waals surface area contributed by atoms with Crippen molar-refractivity contribution in [2.45, 2.75) is 25.4 Å². The fraction of sp³-hybridized carbons (Fsp3) is 0.238. The molecule has 6 rings (SSSR count). The molecule has 0 unspecified atom stereocenters. The summed E-state index contributed by atoms with van der Waals surface area (Å²) in [6, 6.07) is 3.44. The van der Waals surface area contributed by atoms with Crippen molar-refractivity contribution in [2.24, 2.45) is 0 Å². The number of pyridine rings is 1. The number of carbonyl (C=O) groups is 1. The molecule has 15 heteroatoms. The Kier molecular flexibility index (Phi) is 5.05. The Morgan fingerprint density at radius 1 is 1.22 bits per heavy atom. The van der Waals surface area contributed by atoms with E-state index in [-0.39, 0.29) is 35.0 Å². The normalized spacial score (nSPS) is 15.8. The predicted molar refractivity (Wildman–Crippen MR) is 112 cm³/mol. The molecule has 0 bridgehead atoms. The maximum Gasteiger partial charge on any atom is 0.333 e. The van der Waals surface area contributed by atoms with E-state index in [1.807, 2.05) is 0 Å². The lowest BCUT2D eigenvalue weighted by molar-refractivity contribution is 0.0566. The average molecular weight is 501 g/mol. The third kappa shape index (κ3) is 3.50. The number of imidazole rings is 1. The summed E-state index contributed by atoms with van der Waals surface area (Å²) in [6.45, 7) is -2.63. The van der Waals surface area contributed by atoms with Gasteiger partial charge in [-0.05, 0) is 18.2 Å². The first-order valence-corrected chi connectivity index (χ1v) is 10.7. The number of hydrogen-bond donors (Lipinski definition) is 1. The molecule has 0 aliphatic carbocycles. The lowest BCUT2D eigenvalue weighted by atomic mass is 9.99. The molecule has 1 amide bonds. The summed E-state index contributed by atoms with van der Waals surface area (Å²) in [5.74, 6) is -1.19. The second-order valence-corrected chi connectivity index (χ2v) is 7.98. The van der Waals surface area contributed by atoms with Gasteiger partial charge in [0.25, 0.3) is 12.3 Å². The fourth-order valence-corrected chi connectivity index (χ4v) is 4.27. The molecular weight excluding hydrogens is 486 g/mol. The van der Waals surface area contributed by atoms with Crippen LogP contribution < -0.4 is 0 Å². The monoisotopic (exact) mass is 501 g/mol. The molecule has 1 aliphatic rings. The zero-order chi connectivity index (χ0) is 25.0. The number of halogens is 4. The number of nitrogens with one attached hydrogen (secondary N) is 1. The number of amides is 1. The second-order valence-electron chi connectivity index (χ2n) is 7.98. The predicted octanol–water partition coefficient (Wildman–Crippen LogP) is 3.42. The zero-order valence-electron chi connectivity index (χ0n) is 18.1. The number of nitrogens with zero attached hydrogens (tertiary/aromatic N) is 8. The van der Waals surface area contributed by atoms with Gasteiger partial charge in [-0.3, -0.25) is 4.79 Å². The highest BCUT2D eigenvalue weighted by Crippen LogP contribution is 2.35. The number of carbonyl (C=O) groups excluding carboxylic acids is 1. The number of hydrogen-bond acceptors (Lipinski definition) is 7. The van der Waals surface area contributed by atoms with Gasteiger partial charge in [-0.2, -0.15) is 19.0 Å². The summed E-state index contributed by atoms with van der Waals surface area (Å²) in [5.41, 5.74) is 1.73. The van der Waals surface area contributed by atoms with Crippen LogP contribution in [0, 0.1) is 0 Å². The fourth-order valence-electron chi connectivity index (χ4n) is 4.27. The lowest BCUT2D eigenvalue weighted by Crippen LogP contribution is -2.41. The Balaban J connectivity index is 1.38. The number of fused-ring (bicyclic) bond motifs is 2. The Hall–Kier alpha value is -4.56. The van der Waals surface area contributed by atoms with Gasteiger partial charge in [0.05, 0.1) is 35.0 Å². The van der Waals surface area contributed by atoms with Crippen molar-refractivity contribution in [3.63, 3.8) is 0 Å². The number of aromatic amines is 1. The highest BCUT2D eigenvalue weighted by molar-refractivity contribution is 5.90. The van der Waals surface area contributed by atoms with Gasteiger partial charge in [0, 0.05) is 36.6 Å². The SMILES string of the molecule is O=C(c1nnc(-c2cnn(C(F)F)c2)o1)N1CCc2[nH]cnc2[C@@H]1c1cc2c(C(F)F)cccn2n1. The summed E-state index contributed by atoms with van der Waals surface area (Å²) in [4.78, 5) is 22.2. The number of alkyl halides is 4. The molecule has 0 spiro atoms. The molecule has 5 aromatic rings. The van der Waals surface area contributed by atoms with Gasteiger partial charge in [0.1, 0.15) is 6.04 Å². The molecule has 11 nitrogen and oxygen atoms in total. The maximum absolute atomic E-state index is 13.6. The summed E-state index contributed by atoms with van der Waals surface area (Å²) in [5, 5.41) is 15.5. The van der Waals surface area contributed by atoms with E-state index in [9.17, 15) is 22.4 Å². The van der Waals surface area contributed by atoms with E-state index in [2.05, 4.69) is 30.4 Å². The summed E-state index contributed by atoms with van der Waals surface area (Å²) in [6.07, 6.45) is 2.88. The van der Waals surface area contributed by atoms with Gasteiger partial charge >= 0.3 is 18.3 Å². The Morgan fingerprint density at radius 2 is 2.08 bits per heavy atom. The van der Waals surface area contributed by atoms with Crippen molar-refractivity contribution >= 4 is 11.4 Å². The molecule has 0 saturated heterocycles. The second kappa shape index (κ2) is 8.28. The third-order valence-corrected chi connectivity index (χ3v) is 5.91. The highest BCUT2D eigenvalue weighted by atomic mass is 19.3. The number of rotatable bonds is 5. The van der Waals surface area contributed by atoms with Gasteiger partial charge in [0.15, 0.2) is 0 Å². The van der Waals surface area contributed by atoms with Crippen LogP contribution in [-0.4, -0.2) is 56.9 Å². The van der Waals surface area contributed by atoms with Crippen molar-refractivity contribution in [3.05, 3.63) is 71.7 Å². The molecule has 0 fully saturated rings. The molecular formula is C21H15F4N9O2. The maximum atomic E-state index is 13.6. The van der Waals surface area contributed by atoms with Crippen LogP contribution in [-0.2, 0) is 6.42 Å². The van der Waals surface area contributed by atoms with E-state index < -0.39 is 24.9 Å². The van der Waals surface area contributed by atoms with Crippen LogP contribution >= 0.6 is 0 Å². The summed E-state index contributed by atoms with van der Waals surface area (Å²) < 4.78 is 60.0. The first-order chi connectivity index (χ1) is 17.4. The van der Waals surface area contributed by atoms with Crippen LogP contribution in [0.25, 0.3) is 17.0 Å². The Morgan fingerprint density at radius 3 is 2.86 bits per heavy atom. The largest absolute Gasteiger partial charge is 0.412 e. The molecule has 1 N–H and O–H groups in total. The van der Waals surface area contributed by atoms with Crippen LogP contribution in [0.4, 0.5) is 17.6 Å². The average Bonchev–Trinajstić information content (AvgIpc) is 3.66. The Bertz CT molecular complexity index is 1570. The van der Waals surface area contributed by atoms with Crippen LogP contribution in [0.5, 0.6) is 0 Å². The molecule has 1 aliphatic heterocycles. The van der Waals surface area contributed by atoms with E-state index in [0.29, 0.717) is 22.5 Å². The van der Waals surface area contributed by atoms with Crippen LogP contribution in [0.15, 0.2) is 47.5 Å². The zero-order valence-corrected chi connectivity index (χ0v) is 18.1. The van der Waals surface area contributed by atoms with Crippen molar-refractivity contribution in [2.75, 3.05) is 6.54 Å². The first kappa shape index (κ1) is 21.9. The van der Waals surface area contributed by atoms with Crippen LogP contribution in [0.2, 0.25) is 0 Å². The summed E-state index contributed by atoms with van der Waals surface area (Å²) >= 11 is 0. The van der Waals surface area contributed by atoms with Crippen LogP contribution in [0.3, 0.4) is 0 Å². The topological polar surface area (TPSA) is 123 Å². The Labute approximate surface area is 198 Å². The minimum Gasteiger partial charge on any atom is -0.412 e. The van der Waals surface area contributed by atoms with Crippen molar-refractivity contribution in [1.29, 1.82) is 0 Å². The van der Waals surface area contributed by atoms with E-state index in [4.69, 9.17) is 4.42 Å². The van der Waals surface area contributed by atoms with Gasteiger partial charge in [0.2, 0.25) is 0 Å². The number of aromatic nitrogens is 8. The van der Waals surface area contributed by atoms with Gasteiger partial charge in [-0.25, -0.2) is 23.0 Å². The van der Waals surface area contributed by atoms with Gasteiger partial charge in [-0.15, -0.1) is 10.2 Å². The van der Waals surface area contributed by atoms with Crippen molar-refractivity contribution in [3.8, 4) is 11.5 Å². The molecule has 6 heterocycles. The first-order valence-electron chi connectivity index (χ1n) is 10.7.